The Balaban J connectivity index is 1.66. The fraction of sp³-hybridized carbons (Fsp3) is 0.391. The number of thiophene rings is 1. The maximum atomic E-state index is 13.4. The molecule has 1 fully saturated rings. The number of nitrogens with zero attached hydrogens (tertiary/aromatic N) is 1. The minimum absolute atomic E-state index is 0.146. The van der Waals surface area contributed by atoms with Gasteiger partial charge in [-0.05, 0) is 44.4 Å². The van der Waals surface area contributed by atoms with Gasteiger partial charge >= 0.3 is 12.1 Å². The van der Waals surface area contributed by atoms with E-state index in [1.807, 2.05) is 18.2 Å². The van der Waals surface area contributed by atoms with Gasteiger partial charge in [0.15, 0.2) is 0 Å². The SMILES string of the molecule is CC1[C@@H](c2ccccc2)[C@]1(NS(=O)(=O)c1ccc(-c2cc(C(F)(F)F)on2)s1)C(=O)OC(C)(C)C. The summed E-state index contributed by atoms with van der Waals surface area (Å²) in [4.78, 5) is 13.5. The van der Waals surface area contributed by atoms with Gasteiger partial charge < -0.3 is 9.26 Å². The lowest BCUT2D eigenvalue weighted by atomic mass is 10.1. The fourth-order valence-electron chi connectivity index (χ4n) is 4.05. The van der Waals surface area contributed by atoms with Gasteiger partial charge in [-0.15, -0.1) is 11.3 Å². The molecule has 0 amide bonds. The predicted octanol–water partition coefficient (Wildman–Crippen LogP) is 5.21. The van der Waals surface area contributed by atoms with Crippen molar-refractivity contribution < 1.29 is 35.6 Å². The van der Waals surface area contributed by atoms with E-state index in [9.17, 15) is 26.4 Å². The molecule has 2 aromatic heterocycles. The lowest BCUT2D eigenvalue weighted by Gasteiger charge is -2.25. The van der Waals surface area contributed by atoms with E-state index in [0.717, 1.165) is 5.56 Å². The lowest BCUT2D eigenvalue weighted by molar-refractivity contribution is -0.159. The van der Waals surface area contributed by atoms with E-state index < -0.39 is 50.9 Å². The highest BCUT2D eigenvalue weighted by molar-refractivity contribution is 7.91. The summed E-state index contributed by atoms with van der Waals surface area (Å²) in [6, 6.07) is 12.3. The number of nitrogens with one attached hydrogen (secondary N) is 1. The Morgan fingerprint density at radius 2 is 1.80 bits per heavy atom. The standard InChI is InChI=1S/C23H23F3N2O5S2/c1-13-19(14-8-6-5-7-9-14)22(13,20(29)32-21(2,3)4)28-35(30,31)18-11-10-16(34-18)15-12-17(33-27-15)23(24,25)26/h5-13,19,28H,1-4H3/t13?,19-,22-/m0/s1. The first-order valence-electron chi connectivity index (χ1n) is 10.6. The number of ether oxygens (including phenoxy) is 1. The third-order valence-electron chi connectivity index (χ3n) is 5.69. The summed E-state index contributed by atoms with van der Waals surface area (Å²) in [5.41, 5.74) is -1.75. The molecule has 0 radical (unpaired) electrons. The summed E-state index contributed by atoms with van der Waals surface area (Å²) in [5.74, 6) is -2.85. The van der Waals surface area contributed by atoms with Crippen molar-refractivity contribution in [1.82, 2.24) is 9.88 Å². The minimum atomic E-state index is -4.71. The number of sulfonamides is 1. The highest BCUT2D eigenvalue weighted by atomic mass is 32.2. The molecule has 7 nitrogen and oxygen atoms in total. The molecule has 0 aliphatic heterocycles. The van der Waals surface area contributed by atoms with E-state index in [2.05, 4.69) is 14.4 Å². The van der Waals surface area contributed by atoms with Gasteiger partial charge in [0.2, 0.25) is 5.76 Å². The molecule has 0 saturated heterocycles. The number of carbonyl (C=O) groups excluding carboxylic acids is 1. The molecule has 4 rings (SSSR count). The molecule has 0 bridgehead atoms. The minimum Gasteiger partial charge on any atom is -0.459 e. The van der Waals surface area contributed by atoms with Gasteiger partial charge in [0, 0.05) is 12.0 Å². The molecule has 0 spiro atoms. The first kappa shape index (κ1) is 25.4. The molecule has 35 heavy (non-hydrogen) atoms. The molecular weight excluding hydrogens is 505 g/mol. The number of esters is 1. The third-order valence-corrected chi connectivity index (χ3v) is 8.77. The number of aromatic nitrogens is 1. The van der Waals surface area contributed by atoms with E-state index in [1.165, 1.54) is 12.1 Å². The van der Waals surface area contributed by atoms with E-state index in [4.69, 9.17) is 4.74 Å². The Labute approximate surface area is 204 Å². The van der Waals surface area contributed by atoms with Gasteiger partial charge in [-0.3, -0.25) is 0 Å². The normalized spacial score (nSPS) is 22.7. The van der Waals surface area contributed by atoms with E-state index >= 15 is 0 Å². The molecular formula is C23H23F3N2O5S2. The Kier molecular flexibility index (Phi) is 6.13. The second kappa shape index (κ2) is 8.45. The number of hydrogen-bond donors (Lipinski definition) is 1. The van der Waals surface area contributed by atoms with Gasteiger partial charge in [0.1, 0.15) is 21.0 Å². The van der Waals surface area contributed by atoms with Crippen LogP contribution in [0.3, 0.4) is 0 Å². The zero-order valence-corrected chi connectivity index (χ0v) is 20.8. The molecule has 3 atom stereocenters. The monoisotopic (exact) mass is 528 g/mol. The zero-order chi connectivity index (χ0) is 25.8. The van der Waals surface area contributed by atoms with Crippen molar-refractivity contribution in [3.05, 3.63) is 59.9 Å². The van der Waals surface area contributed by atoms with Crippen molar-refractivity contribution in [3.63, 3.8) is 0 Å². The topological polar surface area (TPSA) is 98.5 Å². The van der Waals surface area contributed by atoms with E-state index in [0.29, 0.717) is 17.4 Å². The van der Waals surface area contributed by atoms with Crippen molar-refractivity contribution >= 4 is 27.3 Å². The highest BCUT2D eigenvalue weighted by Crippen LogP contribution is 2.59. The van der Waals surface area contributed by atoms with Crippen LogP contribution in [-0.2, 0) is 25.7 Å². The van der Waals surface area contributed by atoms with E-state index in [-0.39, 0.29) is 14.8 Å². The number of benzene rings is 1. The lowest BCUT2D eigenvalue weighted by Crippen LogP contribution is -2.48. The number of alkyl halides is 3. The average Bonchev–Trinajstić information content (AvgIpc) is 3.19. The van der Waals surface area contributed by atoms with Gasteiger partial charge in [-0.1, -0.05) is 42.4 Å². The summed E-state index contributed by atoms with van der Waals surface area (Å²) in [6.45, 7) is 6.83. The molecule has 1 unspecified atom stereocenters. The Morgan fingerprint density at radius 3 is 2.37 bits per heavy atom. The Hall–Kier alpha value is -2.70. The first-order valence-corrected chi connectivity index (χ1v) is 12.9. The fourth-order valence-corrected chi connectivity index (χ4v) is 6.76. The molecule has 2 heterocycles. The van der Waals surface area contributed by atoms with Crippen molar-refractivity contribution in [2.45, 2.75) is 55.1 Å². The third kappa shape index (κ3) is 4.87. The Morgan fingerprint density at radius 1 is 1.14 bits per heavy atom. The van der Waals surface area contributed by atoms with Crippen LogP contribution >= 0.6 is 11.3 Å². The molecule has 1 aliphatic rings. The predicted molar refractivity (Wildman–Crippen MR) is 122 cm³/mol. The van der Waals surface area contributed by atoms with Crippen molar-refractivity contribution in [2.24, 2.45) is 5.92 Å². The van der Waals surface area contributed by atoms with Crippen LogP contribution in [0.2, 0.25) is 0 Å². The quantitative estimate of drug-likeness (QED) is 0.441. The Bertz CT molecular complexity index is 1340. The molecule has 12 heteroatoms. The smallest absolute Gasteiger partial charge is 0.452 e. The molecule has 3 aromatic rings. The van der Waals surface area contributed by atoms with Crippen LogP contribution in [-0.4, -0.2) is 30.7 Å². The van der Waals surface area contributed by atoms with Crippen LogP contribution in [0.5, 0.6) is 0 Å². The first-order chi connectivity index (χ1) is 16.1. The van der Waals surface area contributed by atoms with Gasteiger partial charge in [-0.2, -0.15) is 17.9 Å². The van der Waals surface area contributed by atoms with Crippen LogP contribution in [0.4, 0.5) is 13.2 Å². The van der Waals surface area contributed by atoms with E-state index in [1.54, 1.807) is 39.8 Å². The molecule has 1 N–H and O–H groups in total. The molecule has 1 aromatic carbocycles. The van der Waals surface area contributed by atoms with Crippen molar-refractivity contribution in [1.29, 1.82) is 0 Å². The number of hydrogen-bond acceptors (Lipinski definition) is 7. The highest BCUT2D eigenvalue weighted by Gasteiger charge is 2.71. The largest absolute Gasteiger partial charge is 0.459 e. The second-order valence-corrected chi connectivity index (χ2v) is 12.3. The summed E-state index contributed by atoms with van der Waals surface area (Å²) in [5, 5.41) is 3.39. The number of rotatable bonds is 6. The van der Waals surface area contributed by atoms with Crippen molar-refractivity contribution in [2.75, 3.05) is 0 Å². The maximum Gasteiger partial charge on any atom is 0.452 e. The molecule has 188 valence electrons. The zero-order valence-electron chi connectivity index (χ0n) is 19.2. The summed E-state index contributed by atoms with van der Waals surface area (Å²) in [6.07, 6.45) is -4.71. The number of carbonyl (C=O) groups is 1. The van der Waals surface area contributed by atoms with Gasteiger partial charge in [-0.25, -0.2) is 13.2 Å². The van der Waals surface area contributed by atoms with Gasteiger partial charge in [0.05, 0.1) is 4.88 Å². The van der Waals surface area contributed by atoms with Crippen LogP contribution in [0, 0.1) is 5.92 Å². The summed E-state index contributed by atoms with van der Waals surface area (Å²) >= 11 is 0.716. The second-order valence-electron chi connectivity index (χ2n) is 9.35. The summed E-state index contributed by atoms with van der Waals surface area (Å²) < 4.78 is 77.5. The van der Waals surface area contributed by atoms with Crippen LogP contribution in [0.25, 0.3) is 10.6 Å². The van der Waals surface area contributed by atoms with Crippen LogP contribution in [0.1, 0.15) is 44.9 Å². The molecule has 1 saturated carbocycles. The summed E-state index contributed by atoms with van der Waals surface area (Å²) in [7, 11) is -4.25. The number of halogens is 3. The maximum absolute atomic E-state index is 13.4. The van der Waals surface area contributed by atoms with Crippen LogP contribution in [0.15, 0.2) is 57.3 Å². The van der Waals surface area contributed by atoms with Gasteiger partial charge in [0.25, 0.3) is 10.0 Å². The average molecular weight is 529 g/mol. The van der Waals surface area contributed by atoms with Crippen molar-refractivity contribution in [3.8, 4) is 10.6 Å². The van der Waals surface area contributed by atoms with Crippen LogP contribution < -0.4 is 4.72 Å². The molecule has 1 aliphatic carbocycles.